The fourth-order valence-corrected chi connectivity index (χ4v) is 2.14. The van der Waals surface area contributed by atoms with Crippen LogP contribution >= 0.6 is 11.3 Å². The average molecular weight is 235 g/mol. The van der Waals surface area contributed by atoms with Gasteiger partial charge < -0.3 is 10.6 Å². The van der Waals surface area contributed by atoms with Crippen molar-refractivity contribution in [2.75, 3.05) is 24.5 Å². The minimum atomic E-state index is -2.36. The second kappa shape index (κ2) is 5.97. The number of rotatable bonds is 6. The predicted molar refractivity (Wildman–Crippen MR) is 58.8 cm³/mol. The summed E-state index contributed by atoms with van der Waals surface area (Å²) in [7, 11) is 0. The second-order valence-electron chi connectivity index (χ2n) is 3.10. The van der Waals surface area contributed by atoms with Crippen LogP contribution in [0.4, 0.5) is 13.9 Å². The SMILES string of the molecule is CCc1csc(N(CCN)CC(F)F)n1. The van der Waals surface area contributed by atoms with Gasteiger partial charge in [0.15, 0.2) is 5.13 Å². The van der Waals surface area contributed by atoms with Crippen molar-refractivity contribution in [3.05, 3.63) is 11.1 Å². The molecule has 0 spiro atoms. The average Bonchev–Trinajstić information content (AvgIpc) is 2.64. The maximum atomic E-state index is 12.3. The molecule has 0 unspecified atom stereocenters. The van der Waals surface area contributed by atoms with E-state index >= 15 is 0 Å². The van der Waals surface area contributed by atoms with Crippen molar-refractivity contribution in [1.82, 2.24) is 4.98 Å². The van der Waals surface area contributed by atoms with Crippen LogP contribution in [0.15, 0.2) is 5.38 Å². The van der Waals surface area contributed by atoms with E-state index in [9.17, 15) is 8.78 Å². The van der Waals surface area contributed by atoms with E-state index in [1.165, 1.54) is 16.2 Å². The molecule has 6 heteroatoms. The number of anilines is 1. The molecular weight excluding hydrogens is 220 g/mol. The highest BCUT2D eigenvalue weighted by Crippen LogP contribution is 2.21. The second-order valence-corrected chi connectivity index (χ2v) is 3.94. The zero-order valence-electron chi connectivity index (χ0n) is 8.62. The van der Waals surface area contributed by atoms with Crippen LogP contribution in [0.25, 0.3) is 0 Å². The summed E-state index contributed by atoms with van der Waals surface area (Å²) in [6, 6.07) is 0. The molecule has 0 aliphatic rings. The quantitative estimate of drug-likeness (QED) is 0.816. The fraction of sp³-hybridized carbons (Fsp3) is 0.667. The van der Waals surface area contributed by atoms with Gasteiger partial charge in [-0.15, -0.1) is 11.3 Å². The molecule has 1 aromatic rings. The van der Waals surface area contributed by atoms with Crippen LogP contribution < -0.4 is 10.6 Å². The summed E-state index contributed by atoms with van der Waals surface area (Å²) in [6.45, 7) is 2.46. The van der Waals surface area contributed by atoms with Crippen molar-refractivity contribution in [3.63, 3.8) is 0 Å². The van der Waals surface area contributed by atoms with Gasteiger partial charge in [-0.3, -0.25) is 0 Å². The first kappa shape index (κ1) is 12.3. The molecule has 0 fully saturated rings. The lowest BCUT2D eigenvalue weighted by molar-refractivity contribution is 0.155. The van der Waals surface area contributed by atoms with E-state index in [0.717, 1.165) is 12.1 Å². The smallest absolute Gasteiger partial charge is 0.255 e. The number of aromatic nitrogens is 1. The number of hydrogen-bond acceptors (Lipinski definition) is 4. The van der Waals surface area contributed by atoms with Gasteiger partial charge in [-0.25, -0.2) is 13.8 Å². The molecule has 1 heterocycles. The minimum absolute atomic E-state index is 0.298. The number of nitrogens with zero attached hydrogens (tertiary/aromatic N) is 2. The van der Waals surface area contributed by atoms with Crippen LogP contribution in [0.1, 0.15) is 12.6 Å². The minimum Gasteiger partial charge on any atom is -0.341 e. The molecule has 0 aromatic carbocycles. The van der Waals surface area contributed by atoms with Gasteiger partial charge in [0.1, 0.15) is 0 Å². The number of thiazole rings is 1. The summed E-state index contributed by atoms with van der Waals surface area (Å²) in [5.41, 5.74) is 6.31. The van der Waals surface area contributed by atoms with Crippen molar-refractivity contribution >= 4 is 16.5 Å². The van der Waals surface area contributed by atoms with Crippen LogP contribution in [-0.2, 0) is 6.42 Å². The molecule has 0 atom stereocenters. The molecule has 0 saturated carbocycles. The Labute approximate surface area is 91.9 Å². The Hall–Kier alpha value is -0.750. The molecule has 0 radical (unpaired) electrons. The third-order valence-electron chi connectivity index (χ3n) is 1.93. The summed E-state index contributed by atoms with van der Waals surface area (Å²) in [4.78, 5) is 5.79. The van der Waals surface area contributed by atoms with Crippen LogP contribution in [0.2, 0.25) is 0 Å². The van der Waals surface area contributed by atoms with Crippen LogP contribution in [-0.4, -0.2) is 31.0 Å². The Morgan fingerprint density at radius 2 is 2.33 bits per heavy atom. The van der Waals surface area contributed by atoms with Gasteiger partial charge in [0.05, 0.1) is 12.2 Å². The Bertz CT molecular complexity index is 291. The van der Waals surface area contributed by atoms with Crippen molar-refractivity contribution in [2.45, 2.75) is 19.8 Å². The number of nitrogens with two attached hydrogens (primary N) is 1. The third kappa shape index (κ3) is 3.71. The molecule has 1 aromatic heterocycles. The van der Waals surface area contributed by atoms with Crippen LogP contribution in [0.5, 0.6) is 0 Å². The van der Waals surface area contributed by atoms with Gasteiger partial charge in [0.2, 0.25) is 0 Å². The highest BCUT2D eigenvalue weighted by Gasteiger charge is 2.14. The van der Waals surface area contributed by atoms with Gasteiger partial charge >= 0.3 is 0 Å². The Balaban J connectivity index is 2.69. The van der Waals surface area contributed by atoms with Crippen LogP contribution in [0, 0.1) is 0 Å². The predicted octanol–water partition coefficient (Wildman–Crippen LogP) is 1.74. The highest BCUT2D eigenvalue weighted by molar-refractivity contribution is 7.13. The Morgan fingerprint density at radius 3 is 2.80 bits per heavy atom. The van der Waals surface area contributed by atoms with Gasteiger partial charge in [0, 0.05) is 18.5 Å². The molecule has 0 bridgehead atoms. The summed E-state index contributed by atoms with van der Waals surface area (Å²) in [5, 5.41) is 2.53. The van der Waals surface area contributed by atoms with E-state index in [2.05, 4.69) is 4.98 Å². The fourth-order valence-electron chi connectivity index (χ4n) is 1.19. The topological polar surface area (TPSA) is 42.1 Å². The van der Waals surface area contributed by atoms with Crippen LogP contribution in [0.3, 0.4) is 0 Å². The number of aryl methyl sites for hydroxylation is 1. The van der Waals surface area contributed by atoms with E-state index in [1.807, 2.05) is 12.3 Å². The molecule has 0 aliphatic carbocycles. The van der Waals surface area contributed by atoms with E-state index in [0.29, 0.717) is 18.2 Å². The summed E-state index contributed by atoms with van der Waals surface area (Å²) in [6.07, 6.45) is -1.53. The molecule has 0 amide bonds. The Kier molecular flexibility index (Phi) is 4.90. The molecule has 2 N–H and O–H groups in total. The zero-order chi connectivity index (χ0) is 11.3. The van der Waals surface area contributed by atoms with Crippen molar-refractivity contribution in [3.8, 4) is 0 Å². The zero-order valence-corrected chi connectivity index (χ0v) is 9.44. The van der Waals surface area contributed by atoms with E-state index < -0.39 is 6.43 Å². The molecule has 1 rings (SSSR count). The molecule has 15 heavy (non-hydrogen) atoms. The van der Waals surface area contributed by atoms with Gasteiger partial charge in [-0.1, -0.05) is 6.92 Å². The number of halogens is 2. The third-order valence-corrected chi connectivity index (χ3v) is 2.88. The molecule has 86 valence electrons. The van der Waals surface area contributed by atoms with Gasteiger partial charge in [-0.2, -0.15) is 0 Å². The Morgan fingerprint density at radius 1 is 1.60 bits per heavy atom. The van der Waals surface area contributed by atoms with E-state index in [1.54, 1.807) is 0 Å². The van der Waals surface area contributed by atoms with E-state index in [-0.39, 0.29) is 6.54 Å². The molecule has 3 nitrogen and oxygen atoms in total. The number of hydrogen-bond donors (Lipinski definition) is 1. The van der Waals surface area contributed by atoms with Gasteiger partial charge in [0.25, 0.3) is 6.43 Å². The van der Waals surface area contributed by atoms with Crippen molar-refractivity contribution in [2.24, 2.45) is 5.73 Å². The lowest BCUT2D eigenvalue weighted by atomic mass is 10.4. The normalized spacial score (nSPS) is 11.0. The summed E-state index contributed by atoms with van der Waals surface area (Å²) in [5.74, 6) is 0. The largest absolute Gasteiger partial charge is 0.341 e. The standard InChI is InChI=1S/C9H15F2N3S/c1-2-7-6-15-9(13-7)14(4-3-12)5-8(10)11/h6,8H,2-5,12H2,1H3. The molecular formula is C9H15F2N3S. The van der Waals surface area contributed by atoms with Gasteiger partial charge in [-0.05, 0) is 6.42 Å². The highest BCUT2D eigenvalue weighted by atomic mass is 32.1. The maximum absolute atomic E-state index is 12.3. The lowest BCUT2D eigenvalue weighted by Gasteiger charge is -2.20. The summed E-state index contributed by atoms with van der Waals surface area (Å²) >= 11 is 1.39. The first-order valence-corrected chi connectivity index (χ1v) is 5.73. The van der Waals surface area contributed by atoms with E-state index in [4.69, 9.17) is 5.73 Å². The maximum Gasteiger partial charge on any atom is 0.255 e. The first-order chi connectivity index (χ1) is 7.17. The lowest BCUT2D eigenvalue weighted by Crippen LogP contribution is -2.33. The molecule has 0 saturated heterocycles. The monoisotopic (exact) mass is 235 g/mol. The molecule has 0 aliphatic heterocycles. The number of alkyl halides is 2. The summed E-state index contributed by atoms with van der Waals surface area (Å²) < 4.78 is 24.6. The van der Waals surface area contributed by atoms with Crippen molar-refractivity contribution < 1.29 is 8.78 Å². The van der Waals surface area contributed by atoms with Crippen molar-refractivity contribution in [1.29, 1.82) is 0 Å². The first-order valence-electron chi connectivity index (χ1n) is 4.85.